The third kappa shape index (κ3) is 4.19. The number of likely N-dealkylation sites (N-methyl/N-ethyl adjacent to an activating group) is 1. The SMILES string of the molecule is CN1CCN(c2nc(N3CCOCC3)nc3c2CN(S(=O)(=O)c2ccccc2)CC3)CC1. The van der Waals surface area contributed by atoms with Gasteiger partial charge in [-0.2, -0.15) is 9.29 Å². The third-order valence-electron chi connectivity index (χ3n) is 6.47. The Hall–Kier alpha value is -2.27. The molecule has 0 amide bonds. The minimum atomic E-state index is -3.57. The summed E-state index contributed by atoms with van der Waals surface area (Å²) in [7, 11) is -1.44. The van der Waals surface area contributed by atoms with Gasteiger partial charge in [-0.15, -0.1) is 0 Å². The van der Waals surface area contributed by atoms with Crippen LogP contribution in [0.1, 0.15) is 11.3 Å². The van der Waals surface area contributed by atoms with Crippen molar-refractivity contribution in [1.29, 1.82) is 0 Å². The van der Waals surface area contributed by atoms with Gasteiger partial charge in [0.15, 0.2) is 0 Å². The molecule has 0 aliphatic carbocycles. The van der Waals surface area contributed by atoms with Crippen molar-refractivity contribution in [2.75, 3.05) is 75.9 Å². The topological polar surface area (TPSA) is 82.1 Å². The number of rotatable bonds is 4. The van der Waals surface area contributed by atoms with Crippen molar-refractivity contribution in [3.8, 4) is 0 Å². The van der Waals surface area contributed by atoms with E-state index < -0.39 is 10.0 Å². The second-order valence-electron chi connectivity index (χ2n) is 8.56. The summed E-state index contributed by atoms with van der Waals surface area (Å²) in [5.41, 5.74) is 1.91. The van der Waals surface area contributed by atoms with Crippen LogP contribution in [0.15, 0.2) is 35.2 Å². The normalized spacial score (nSPS) is 20.9. The lowest BCUT2D eigenvalue weighted by atomic mass is 10.1. The lowest BCUT2D eigenvalue weighted by Gasteiger charge is -2.37. The Balaban J connectivity index is 1.50. The first-order chi connectivity index (χ1) is 15.5. The summed E-state index contributed by atoms with van der Waals surface area (Å²) < 4.78 is 33.6. The molecule has 4 heterocycles. The number of hydrogen-bond donors (Lipinski definition) is 0. The first-order valence-electron chi connectivity index (χ1n) is 11.2. The highest BCUT2D eigenvalue weighted by molar-refractivity contribution is 7.89. The summed E-state index contributed by atoms with van der Waals surface area (Å²) in [6, 6.07) is 8.67. The molecule has 10 heteroatoms. The van der Waals surface area contributed by atoms with Crippen LogP contribution in [0.2, 0.25) is 0 Å². The number of aromatic nitrogens is 2. The summed E-state index contributed by atoms with van der Waals surface area (Å²) in [5.74, 6) is 1.62. The van der Waals surface area contributed by atoms with E-state index in [4.69, 9.17) is 14.7 Å². The number of hydrogen-bond acceptors (Lipinski definition) is 8. The third-order valence-corrected chi connectivity index (χ3v) is 8.33. The molecule has 0 unspecified atom stereocenters. The minimum absolute atomic E-state index is 0.303. The zero-order chi connectivity index (χ0) is 22.1. The Bertz CT molecular complexity index is 1050. The molecule has 1 aromatic heterocycles. The van der Waals surface area contributed by atoms with E-state index in [9.17, 15) is 8.42 Å². The molecule has 0 N–H and O–H groups in total. The quantitative estimate of drug-likeness (QED) is 0.666. The molecule has 0 spiro atoms. The first kappa shape index (κ1) is 21.6. The van der Waals surface area contributed by atoms with Gasteiger partial charge < -0.3 is 19.4 Å². The molecule has 5 rings (SSSR count). The van der Waals surface area contributed by atoms with Gasteiger partial charge in [-0.25, -0.2) is 13.4 Å². The lowest BCUT2D eigenvalue weighted by molar-refractivity contribution is 0.122. The smallest absolute Gasteiger partial charge is 0.243 e. The van der Waals surface area contributed by atoms with E-state index in [2.05, 4.69) is 21.7 Å². The molecule has 3 aliphatic rings. The van der Waals surface area contributed by atoms with Gasteiger partial charge in [0.1, 0.15) is 5.82 Å². The first-order valence-corrected chi connectivity index (χ1v) is 12.7. The van der Waals surface area contributed by atoms with Gasteiger partial charge in [-0.05, 0) is 19.2 Å². The average molecular weight is 459 g/mol. The molecule has 0 radical (unpaired) electrons. The summed E-state index contributed by atoms with van der Waals surface area (Å²) >= 11 is 0. The van der Waals surface area contributed by atoms with E-state index >= 15 is 0 Å². The van der Waals surface area contributed by atoms with Crippen molar-refractivity contribution >= 4 is 21.8 Å². The molecule has 2 fully saturated rings. The number of ether oxygens (including phenoxy) is 1. The van der Waals surface area contributed by atoms with Crippen molar-refractivity contribution < 1.29 is 13.2 Å². The Labute approximate surface area is 189 Å². The molecule has 9 nitrogen and oxygen atoms in total. The standard InChI is InChI=1S/C22H30N6O3S/c1-25-9-11-26(12-10-25)21-19-17-28(32(29,30)18-5-3-2-4-6-18)8-7-20(19)23-22(24-21)27-13-15-31-16-14-27/h2-6H,7-17H2,1H3. The predicted octanol–water partition coefficient (Wildman–Crippen LogP) is 0.812. The summed E-state index contributed by atoms with van der Waals surface area (Å²) in [6.45, 7) is 7.27. The van der Waals surface area contributed by atoms with E-state index in [0.29, 0.717) is 37.6 Å². The maximum absolute atomic E-state index is 13.3. The van der Waals surface area contributed by atoms with Gasteiger partial charge in [0.05, 0.1) is 23.8 Å². The zero-order valence-corrected chi connectivity index (χ0v) is 19.3. The second-order valence-corrected chi connectivity index (χ2v) is 10.5. The fourth-order valence-electron chi connectivity index (χ4n) is 4.49. The number of nitrogens with zero attached hydrogens (tertiary/aromatic N) is 6. The summed E-state index contributed by atoms with van der Waals surface area (Å²) in [4.78, 5) is 17.0. The number of morpholine rings is 1. The Morgan fingerprint density at radius 3 is 2.31 bits per heavy atom. The highest BCUT2D eigenvalue weighted by Crippen LogP contribution is 2.32. The predicted molar refractivity (Wildman–Crippen MR) is 123 cm³/mol. The molecule has 0 saturated carbocycles. The van der Waals surface area contributed by atoms with E-state index in [0.717, 1.165) is 62.3 Å². The van der Waals surface area contributed by atoms with Gasteiger partial charge in [0.25, 0.3) is 0 Å². The number of piperazine rings is 1. The summed E-state index contributed by atoms with van der Waals surface area (Å²) in [5, 5.41) is 0. The number of fused-ring (bicyclic) bond motifs is 1. The van der Waals surface area contributed by atoms with Gasteiger partial charge in [-0.1, -0.05) is 18.2 Å². The van der Waals surface area contributed by atoms with Crippen LogP contribution >= 0.6 is 0 Å². The van der Waals surface area contributed by atoms with Crippen LogP contribution in [0.4, 0.5) is 11.8 Å². The van der Waals surface area contributed by atoms with Crippen LogP contribution in [-0.2, 0) is 27.7 Å². The lowest BCUT2D eigenvalue weighted by Crippen LogP contribution is -2.46. The molecule has 2 aromatic rings. The van der Waals surface area contributed by atoms with E-state index in [1.807, 2.05) is 6.07 Å². The second kappa shape index (κ2) is 8.93. The fourth-order valence-corrected chi connectivity index (χ4v) is 5.92. The molecular formula is C22H30N6O3S. The largest absolute Gasteiger partial charge is 0.378 e. The van der Waals surface area contributed by atoms with Crippen LogP contribution in [0, 0.1) is 0 Å². The van der Waals surface area contributed by atoms with Crippen molar-refractivity contribution in [3.63, 3.8) is 0 Å². The average Bonchev–Trinajstić information content (AvgIpc) is 2.84. The van der Waals surface area contributed by atoms with Crippen LogP contribution in [0.5, 0.6) is 0 Å². The molecular weight excluding hydrogens is 428 g/mol. The van der Waals surface area contributed by atoms with Crippen molar-refractivity contribution in [2.24, 2.45) is 0 Å². The number of anilines is 2. The van der Waals surface area contributed by atoms with Gasteiger partial charge in [0, 0.05) is 64.3 Å². The van der Waals surface area contributed by atoms with E-state index in [1.54, 1.807) is 28.6 Å². The van der Waals surface area contributed by atoms with Gasteiger partial charge in [-0.3, -0.25) is 0 Å². The van der Waals surface area contributed by atoms with Crippen molar-refractivity contribution in [2.45, 2.75) is 17.9 Å². The van der Waals surface area contributed by atoms with E-state index in [-0.39, 0.29) is 0 Å². The maximum Gasteiger partial charge on any atom is 0.243 e. The van der Waals surface area contributed by atoms with Gasteiger partial charge in [0.2, 0.25) is 16.0 Å². The van der Waals surface area contributed by atoms with Crippen LogP contribution < -0.4 is 9.80 Å². The molecule has 0 atom stereocenters. The molecule has 32 heavy (non-hydrogen) atoms. The molecule has 1 aromatic carbocycles. The molecule has 0 bridgehead atoms. The van der Waals surface area contributed by atoms with Crippen LogP contribution in [0.25, 0.3) is 0 Å². The van der Waals surface area contributed by atoms with Crippen molar-refractivity contribution in [1.82, 2.24) is 19.2 Å². The van der Waals surface area contributed by atoms with E-state index in [1.165, 1.54) is 0 Å². The zero-order valence-electron chi connectivity index (χ0n) is 18.5. The Morgan fingerprint density at radius 2 is 1.59 bits per heavy atom. The highest BCUT2D eigenvalue weighted by Gasteiger charge is 2.33. The Morgan fingerprint density at radius 1 is 0.875 bits per heavy atom. The molecule has 172 valence electrons. The minimum Gasteiger partial charge on any atom is -0.378 e. The maximum atomic E-state index is 13.3. The summed E-state index contributed by atoms with van der Waals surface area (Å²) in [6.07, 6.45) is 0.585. The molecule has 2 saturated heterocycles. The fraction of sp³-hybridized carbons (Fsp3) is 0.545. The number of benzene rings is 1. The number of sulfonamides is 1. The van der Waals surface area contributed by atoms with Crippen LogP contribution in [0.3, 0.4) is 0 Å². The highest BCUT2D eigenvalue weighted by atomic mass is 32.2. The van der Waals surface area contributed by atoms with Crippen molar-refractivity contribution in [3.05, 3.63) is 41.6 Å². The van der Waals surface area contributed by atoms with Gasteiger partial charge >= 0.3 is 0 Å². The Kier molecular flexibility index (Phi) is 6.02. The molecule has 3 aliphatic heterocycles. The monoisotopic (exact) mass is 458 g/mol. The van der Waals surface area contributed by atoms with Crippen LogP contribution in [-0.4, -0.2) is 93.7 Å².